The predicted molar refractivity (Wildman–Crippen MR) is 121 cm³/mol. The van der Waals surface area contributed by atoms with E-state index >= 15 is 0 Å². The van der Waals surface area contributed by atoms with E-state index in [9.17, 15) is 9.59 Å². The summed E-state index contributed by atoms with van der Waals surface area (Å²) in [7, 11) is -0.653. The Kier molecular flexibility index (Phi) is 6.40. The summed E-state index contributed by atoms with van der Waals surface area (Å²) in [5, 5.41) is 3.48. The number of hydrogen-bond acceptors (Lipinski definition) is 5. The van der Waals surface area contributed by atoms with Gasteiger partial charge in [0, 0.05) is 35.2 Å². The number of hydrogen-bond donors (Lipinski definition) is 1. The minimum atomic E-state index is -0.653. The molecule has 1 aromatic carbocycles. The molecule has 170 valence electrons. The van der Waals surface area contributed by atoms with Crippen LogP contribution in [0.1, 0.15) is 65.2 Å². The van der Waals surface area contributed by atoms with Gasteiger partial charge in [-0.15, -0.1) is 0 Å². The molecule has 0 unspecified atom stereocenters. The van der Waals surface area contributed by atoms with Gasteiger partial charge in [-0.05, 0) is 73.1 Å². The highest BCUT2D eigenvalue weighted by molar-refractivity contribution is 6.65. The van der Waals surface area contributed by atoms with Gasteiger partial charge in [-0.25, -0.2) is 4.79 Å². The number of nitrogens with zero attached hydrogens (tertiary/aromatic N) is 1. The number of rotatable bonds is 3. The third-order valence-electron chi connectivity index (χ3n) is 5.94. The number of benzene rings is 1. The van der Waals surface area contributed by atoms with Crippen LogP contribution >= 0.6 is 11.6 Å². The fraction of sp³-hybridized carbons (Fsp3) is 0.636. The van der Waals surface area contributed by atoms with E-state index in [0.717, 1.165) is 0 Å². The van der Waals surface area contributed by atoms with Crippen LogP contribution in [0.25, 0.3) is 0 Å². The van der Waals surface area contributed by atoms with E-state index in [-0.39, 0.29) is 18.0 Å². The highest BCUT2D eigenvalue weighted by Crippen LogP contribution is 2.37. The molecule has 2 heterocycles. The Hall–Kier alpha value is -1.77. The van der Waals surface area contributed by atoms with Gasteiger partial charge in [0.25, 0.3) is 5.91 Å². The molecule has 2 fully saturated rings. The fourth-order valence-corrected chi connectivity index (χ4v) is 3.68. The lowest BCUT2D eigenvalue weighted by Crippen LogP contribution is -2.41. The second kappa shape index (κ2) is 8.30. The number of likely N-dealkylation sites (tertiary alicyclic amines) is 1. The maximum absolute atomic E-state index is 12.9. The number of carbonyl (C=O) groups excluding carboxylic acids is 2. The number of ether oxygens (including phenoxy) is 1. The molecule has 7 nitrogen and oxygen atoms in total. The van der Waals surface area contributed by atoms with Crippen molar-refractivity contribution in [1.29, 1.82) is 0 Å². The highest BCUT2D eigenvalue weighted by Gasteiger charge is 2.52. The molecular weight excluding hydrogens is 419 g/mol. The van der Waals surface area contributed by atoms with Gasteiger partial charge in [-0.3, -0.25) is 4.79 Å². The summed E-state index contributed by atoms with van der Waals surface area (Å²) in [5.74, 6) is -0.231. The van der Waals surface area contributed by atoms with Crippen LogP contribution in [0.4, 0.5) is 4.79 Å². The topological polar surface area (TPSA) is 77.1 Å². The first kappa shape index (κ1) is 23.9. The van der Waals surface area contributed by atoms with Gasteiger partial charge in [-0.1, -0.05) is 11.6 Å². The largest absolute Gasteiger partial charge is 0.496 e. The molecule has 9 heteroatoms. The fourth-order valence-electron chi connectivity index (χ4n) is 3.47. The van der Waals surface area contributed by atoms with Crippen LogP contribution in [0.5, 0.6) is 0 Å². The van der Waals surface area contributed by atoms with Gasteiger partial charge in [0.1, 0.15) is 5.60 Å². The van der Waals surface area contributed by atoms with Crippen molar-refractivity contribution in [1.82, 2.24) is 10.2 Å². The maximum Gasteiger partial charge on any atom is 0.496 e. The molecule has 0 bridgehead atoms. The van der Waals surface area contributed by atoms with Crippen LogP contribution < -0.4 is 10.8 Å². The zero-order chi connectivity index (χ0) is 23.2. The van der Waals surface area contributed by atoms with Crippen molar-refractivity contribution in [3.8, 4) is 0 Å². The molecule has 0 radical (unpaired) electrons. The quantitative estimate of drug-likeness (QED) is 0.714. The Bertz CT molecular complexity index is 852. The van der Waals surface area contributed by atoms with Crippen LogP contribution in [0.2, 0.25) is 5.02 Å². The molecule has 3 rings (SSSR count). The molecule has 0 aromatic heterocycles. The third kappa shape index (κ3) is 5.36. The molecule has 1 aromatic rings. The molecule has 2 aliphatic rings. The molecule has 1 N–H and O–H groups in total. The van der Waals surface area contributed by atoms with Crippen molar-refractivity contribution in [3.63, 3.8) is 0 Å². The van der Waals surface area contributed by atoms with Crippen LogP contribution in [0, 0.1) is 0 Å². The Labute approximate surface area is 189 Å². The summed E-state index contributed by atoms with van der Waals surface area (Å²) in [5.41, 5.74) is -0.478. The van der Waals surface area contributed by atoms with Crippen molar-refractivity contribution in [2.24, 2.45) is 0 Å². The minimum absolute atomic E-state index is 0.143. The van der Waals surface area contributed by atoms with Crippen LogP contribution in [0.15, 0.2) is 18.2 Å². The SMILES string of the molecule is CC(C)(C)OC(=O)N1CC[C@@H](NC(=O)c2ccc(Cl)c(B3OC(C)(C)C(C)(C)O3)c2)C1. The summed E-state index contributed by atoms with van der Waals surface area (Å²) >= 11 is 6.39. The molecule has 2 saturated heterocycles. The van der Waals surface area contributed by atoms with E-state index in [4.69, 9.17) is 25.6 Å². The van der Waals surface area contributed by atoms with Gasteiger partial charge < -0.3 is 24.3 Å². The van der Waals surface area contributed by atoms with Gasteiger partial charge in [-0.2, -0.15) is 0 Å². The monoisotopic (exact) mass is 450 g/mol. The van der Waals surface area contributed by atoms with Crippen molar-refractivity contribution in [3.05, 3.63) is 28.8 Å². The van der Waals surface area contributed by atoms with E-state index in [1.807, 2.05) is 48.5 Å². The van der Waals surface area contributed by atoms with E-state index < -0.39 is 23.9 Å². The number of halogens is 1. The highest BCUT2D eigenvalue weighted by atomic mass is 35.5. The molecule has 0 spiro atoms. The molecule has 31 heavy (non-hydrogen) atoms. The Morgan fingerprint density at radius 1 is 1.19 bits per heavy atom. The minimum Gasteiger partial charge on any atom is -0.444 e. The summed E-state index contributed by atoms with van der Waals surface area (Å²) in [6.45, 7) is 14.3. The lowest BCUT2D eigenvalue weighted by atomic mass is 9.78. The summed E-state index contributed by atoms with van der Waals surface area (Å²) in [4.78, 5) is 26.7. The van der Waals surface area contributed by atoms with Crippen LogP contribution in [-0.2, 0) is 14.0 Å². The standard InChI is InChI=1S/C22H32BClN2O5/c1-20(2,3)29-19(28)26-11-10-15(13-26)25-18(27)14-8-9-17(24)16(12-14)23-30-21(4,5)22(6,7)31-23/h8-9,12,15H,10-11,13H2,1-7H3,(H,25,27)/t15-/m1/s1. The third-order valence-corrected chi connectivity index (χ3v) is 6.28. The average molecular weight is 451 g/mol. The number of amides is 2. The number of nitrogens with one attached hydrogen (secondary N) is 1. The lowest BCUT2D eigenvalue weighted by Gasteiger charge is -2.32. The molecular formula is C22H32BClN2O5. The smallest absolute Gasteiger partial charge is 0.444 e. The summed E-state index contributed by atoms with van der Waals surface area (Å²) < 4.78 is 17.6. The maximum atomic E-state index is 12.9. The van der Waals surface area contributed by atoms with Gasteiger partial charge in [0.15, 0.2) is 0 Å². The molecule has 2 amide bonds. The first-order valence-corrected chi connectivity index (χ1v) is 11.0. The van der Waals surface area contributed by atoms with E-state index in [2.05, 4.69) is 5.32 Å². The second-order valence-corrected chi connectivity index (χ2v) is 10.6. The Morgan fingerprint density at radius 2 is 1.81 bits per heavy atom. The molecule has 0 saturated carbocycles. The predicted octanol–water partition coefficient (Wildman–Crippen LogP) is 3.38. The number of carbonyl (C=O) groups is 2. The van der Waals surface area contributed by atoms with Crippen molar-refractivity contribution < 1.29 is 23.6 Å². The first-order valence-electron chi connectivity index (χ1n) is 10.6. The molecule has 0 aliphatic carbocycles. The van der Waals surface area contributed by atoms with Crippen molar-refractivity contribution in [2.45, 2.75) is 77.7 Å². The van der Waals surface area contributed by atoms with Gasteiger partial charge in [0.2, 0.25) is 0 Å². The van der Waals surface area contributed by atoms with Gasteiger partial charge >= 0.3 is 13.2 Å². The van der Waals surface area contributed by atoms with Crippen LogP contribution in [-0.4, -0.2) is 60.0 Å². The Balaban J connectivity index is 1.66. The molecule has 2 aliphatic heterocycles. The van der Waals surface area contributed by atoms with E-state index in [1.165, 1.54) is 0 Å². The normalized spacial score (nSPS) is 22.5. The van der Waals surface area contributed by atoms with Crippen molar-refractivity contribution >= 4 is 36.2 Å². The van der Waals surface area contributed by atoms with E-state index in [1.54, 1.807) is 23.1 Å². The zero-order valence-corrected chi connectivity index (χ0v) is 20.1. The lowest BCUT2D eigenvalue weighted by molar-refractivity contribution is 0.00578. The van der Waals surface area contributed by atoms with Crippen molar-refractivity contribution in [2.75, 3.05) is 13.1 Å². The Morgan fingerprint density at radius 3 is 2.39 bits per heavy atom. The van der Waals surface area contributed by atoms with E-state index in [0.29, 0.717) is 35.6 Å². The summed E-state index contributed by atoms with van der Waals surface area (Å²) in [6, 6.07) is 4.92. The first-order chi connectivity index (χ1) is 14.2. The average Bonchev–Trinajstić information content (AvgIpc) is 3.16. The summed E-state index contributed by atoms with van der Waals surface area (Å²) in [6.07, 6.45) is 0.307. The van der Waals surface area contributed by atoms with Gasteiger partial charge in [0.05, 0.1) is 11.2 Å². The zero-order valence-electron chi connectivity index (χ0n) is 19.4. The van der Waals surface area contributed by atoms with Crippen LogP contribution in [0.3, 0.4) is 0 Å². The second-order valence-electron chi connectivity index (χ2n) is 10.2. The molecule has 1 atom stereocenters.